The number of hydrogen-bond acceptors (Lipinski definition) is 6. The van der Waals surface area contributed by atoms with E-state index in [0.29, 0.717) is 24.8 Å². The average Bonchev–Trinajstić information content (AvgIpc) is 3.06. The van der Waals surface area contributed by atoms with Crippen molar-refractivity contribution in [3.05, 3.63) is 34.5 Å². The lowest BCUT2D eigenvalue weighted by atomic mass is 9.98. The van der Waals surface area contributed by atoms with Crippen LogP contribution in [0, 0.1) is 6.92 Å². The minimum Gasteiger partial charge on any atom is -0.354 e. The van der Waals surface area contributed by atoms with Crippen LogP contribution in [0.3, 0.4) is 0 Å². The van der Waals surface area contributed by atoms with Gasteiger partial charge in [0.2, 0.25) is 11.9 Å². The minimum absolute atomic E-state index is 0.240. The van der Waals surface area contributed by atoms with Crippen LogP contribution in [0.4, 0.5) is 5.95 Å². The van der Waals surface area contributed by atoms with E-state index in [1.54, 1.807) is 29.8 Å². The van der Waals surface area contributed by atoms with Crippen LogP contribution >= 0.6 is 11.3 Å². The minimum atomic E-state index is 0.240. The van der Waals surface area contributed by atoms with Gasteiger partial charge in [0.05, 0.1) is 5.01 Å². The molecule has 0 aromatic carbocycles. The van der Waals surface area contributed by atoms with Crippen LogP contribution in [0.2, 0.25) is 0 Å². The van der Waals surface area contributed by atoms with Crippen LogP contribution in [0.5, 0.6) is 0 Å². The standard InChI is InChI=1S/C17H23N5OS/c1-13-12-24-16(21-13)14-5-3-10-22(11-14)15(23)6-2-7-18-17-19-8-4-9-20-17/h4,8-9,12,14H,2-3,5-7,10-11H2,1H3,(H,18,19,20)/t14-/m0/s1. The van der Waals surface area contributed by atoms with Gasteiger partial charge in [0, 0.05) is 55.4 Å². The first-order valence-electron chi connectivity index (χ1n) is 8.43. The predicted octanol–water partition coefficient (Wildman–Crippen LogP) is 2.84. The maximum absolute atomic E-state index is 12.4. The molecule has 24 heavy (non-hydrogen) atoms. The number of piperidine rings is 1. The molecule has 1 N–H and O–H groups in total. The van der Waals surface area contributed by atoms with Gasteiger partial charge in [0.1, 0.15) is 0 Å². The molecule has 1 fully saturated rings. The van der Waals surface area contributed by atoms with Crippen LogP contribution in [0.25, 0.3) is 0 Å². The van der Waals surface area contributed by atoms with E-state index in [4.69, 9.17) is 0 Å². The summed E-state index contributed by atoms with van der Waals surface area (Å²) in [6.45, 7) is 4.41. The summed E-state index contributed by atoms with van der Waals surface area (Å²) in [5.74, 6) is 1.25. The zero-order chi connectivity index (χ0) is 16.8. The molecule has 7 heteroatoms. The molecule has 3 heterocycles. The normalized spacial score (nSPS) is 17.7. The molecule has 1 aliphatic heterocycles. The number of rotatable bonds is 6. The molecule has 2 aromatic heterocycles. The molecule has 1 atom stereocenters. The topological polar surface area (TPSA) is 71.0 Å². The lowest BCUT2D eigenvalue weighted by Crippen LogP contribution is -2.39. The Balaban J connectivity index is 1.43. The average molecular weight is 345 g/mol. The summed E-state index contributed by atoms with van der Waals surface area (Å²) in [4.78, 5) is 27.3. The predicted molar refractivity (Wildman–Crippen MR) is 95.2 cm³/mol. The number of carbonyl (C=O) groups excluding carboxylic acids is 1. The summed E-state index contributed by atoms with van der Waals surface area (Å²) >= 11 is 1.72. The van der Waals surface area contributed by atoms with E-state index >= 15 is 0 Å². The Hall–Kier alpha value is -2.02. The zero-order valence-electron chi connectivity index (χ0n) is 13.9. The highest BCUT2D eigenvalue weighted by Crippen LogP contribution is 2.29. The third kappa shape index (κ3) is 4.50. The Bertz CT molecular complexity index is 660. The molecule has 2 aromatic rings. The molecule has 0 aliphatic carbocycles. The van der Waals surface area contributed by atoms with Crippen molar-refractivity contribution in [2.24, 2.45) is 0 Å². The fourth-order valence-corrected chi connectivity index (χ4v) is 3.88. The maximum Gasteiger partial charge on any atom is 0.222 e. The van der Waals surface area contributed by atoms with Gasteiger partial charge in [-0.1, -0.05) is 0 Å². The van der Waals surface area contributed by atoms with E-state index in [1.165, 1.54) is 5.01 Å². The largest absolute Gasteiger partial charge is 0.354 e. The Morgan fingerprint density at radius 1 is 1.42 bits per heavy atom. The van der Waals surface area contributed by atoms with Crippen LogP contribution in [0.1, 0.15) is 42.3 Å². The lowest BCUT2D eigenvalue weighted by Gasteiger charge is -2.32. The molecule has 0 unspecified atom stereocenters. The third-order valence-corrected chi connectivity index (χ3v) is 5.30. The van der Waals surface area contributed by atoms with Gasteiger partial charge in [0.25, 0.3) is 0 Å². The van der Waals surface area contributed by atoms with Crippen LogP contribution in [-0.4, -0.2) is 45.4 Å². The Morgan fingerprint density at radius 3 is 3.00 bits per heavy atom. The van der Waals surface area contributed by atoms with Crippen molar-refractivity contribution in [1.29, 1.82) is 0 Å². The third-order valence-electron chi connectivity index (χ3n) is 4.18. The van der Waals surface area contributed by atoms with E-state index in [-0.39, 0.29) is 5.91 Å². The van der Waals surface area contributed by atoms with Gasteiger partial charge >= 0.3 is 0 Å². The van der Waals surface area contributed by atoms with Crippen LogP contribution in [-0.2, 0) is 4.79 Å². The summed E-state index contributed by atoms with van der Waals surface area (Å²) < 4.78 is 0. The summed E-state index contributed by atoms with van der Waals surface area (Å²) in [5.41, 5.74) is 1.08. The molecule has 3 rings (SSSR count). The van der Waals surface area contributed by atoms with Gasteiger partial charge < -0.3 is 10.2 Å². The smallest absolute Gasteiger partial charge is 0.222 e. The van der Waals surface area contributed by atoms with Gasteiger partial charge in [0.15, 0.2) is 0 Å². The fraction of sp³-hybridized carbons (Fsp3) is 0.529. The molecule has 1 saturated heterocycles. The zero-order valence-corrected chi connectivity index (χ0v) is 14.8. The van der Waals surface area contributed by atoms with Crippen molar-refractivity contribution in [2.45, 2.75) is 38.5 Å². The molecule has 1 amide bonds. The summed E-state index contributed by atoms with van der Waals surface area (Å²) in [6.07, 6.45) is 6.94. The lowest BCUT2D eigenvalue weighted by molar-refractivity contribution is -0.132. The fourth-order valence-electron chi connectivity index (χ4n) is 2.95. The summed E-state index contributed by atoms with van der Waals surface area (Å²) in [7, 11) is 0. The van der Waals surface area contributed by atoms with Crippen LogP contribution < -0.4 is 5.32 Å². The Kier molecular flexibility index (Phi) is 5.74. The number of nitrogens with zero attached hydrogens (tertiary/aromatic N) is 4. The number of nitrogens with one attached hydrogen (secondary N) is 1. The Labute approximate surface area is 146 Å². The van der Waals surface area contributed by atoms with Crippen molar-refractivity contribution >= 4 is 23.2 Å². The first kappa shape index (κ1) is 16.8. The first-order chi connectivity index (χ1) is 11.7. The van der Waals surface area contributed by atoms with Crippen molar-refractivity contribution in [3.63, 3.8) is 0 Å². The quantitative estimate of drug-likeness (QED) is 0.815. The van der Waals surface area contributed by atoms with Crippen molar-refractivity contribution < 1.29 is 4.79 Å². The van der Waals surface area contributed by atoms with E-state index in [1.807, 2.05) is 11.8 Å². The number of thiazole rings is 1. The molecule has 6 nitrogen and oxygen atoms in total. The van der Waals surface area contributed by atoms with Crippen molar-refractivity contribution in [1.82, 2.24) is 19.9 Å². The molecule has 0 saturated carbocycles. The SMILES string of the molecule is Cc1csc([C@H]2CCCN(C(=O)CCCNc3ncccn3)C2)n1. The summed E-state index contributed by atoms with van der Waals surface area (Å²) in [5, 5.41) is 6.40. The molecule has 1 aliphatic rings. The summed E-state index contributed by atoms with van der Waals surface area (Å²) in [6, 6.07) is 1.78. The highest BCUT2D eigenvalue weighted by atomic mass is 32.1. The second-order valence-electron chi connectivity index (χ2n) is 6.11. The highest BCUT2D eigenvalue weighted by Gasteiger charge is 2.26. The number of aromatic nitrogens is 3. The van der Waals surface area contributed by atoms with Gasteiger partial charge in [-0.15, -0.1) is 11.3 Å². The first-order valence-corrected chi connectivity index (χ1v) is 9.31. The number of aryl methyl sites for hydroxylation is 1. The van der Waals surface area contributed by atoms with Crippen LogP contribution in [0.15, 0.2) is 23.8 Å². The van der Waals surface area contributed by atoms with E-state index in [0.717, 1.165) is 38.0 Å². The molecule has 0 spiro atoms. The maximum atomic E-state index is 12.4. The molecule has 0 bridgehead atoms. The molecule has 128 valence electrons. The monoisotopic (exact) mass is 345 g/mol. The van der Waals surface area contributed by atoms with Gasteiger partial charge in [-0.2, -0.15) is 0 Å². The number of likely N-dealkylation sites (tertiary alicyclic amines) is 1. The van der Waals surface area contributed by atoms with Crippen molar-refractivity contribution in [2.75, 3.05) is 25.0 Å². The highest BCUT2D eigenvalue weighted by molar-refractivity contribution is 7.09. The number of amides is 1. The van der Waals surface area contributed by atoms with E-state index < -0.39 is 0 Å². The van der Waals surface area contributed by atoms with Crippen molar-refractivity contribution in [3.8, 4) is 0 Å². The molecular formula is C17H23N5OS. The molecular weight excluding hydrogens is 322 g/mol. The van der Waals surface area contributed by atoms with Gasteiger partial charge in [-0.3, -0.25) is 4.79 Å². The second kappa shape index (κ2) is 8.19. The number of anilines is 1. The number of hydrogen-bond donors (Lipinski definition) is 1. The van der Waals surface area contributed by atoms with Gasteiger partial charge in [-0.05, 0) is 32.3 Å². The number of carbonyl (C=O) groups is 1. The second-order valence-corrected chi connectivity index (χ2v) is 7.00. The Morgan fingerprint density at radius 2 is 2.25 bits per heavy atom. The molecule has 0 radical (unpaired) electrons. The van der Waals surface area contributed by atoms with E-state index in [2.05, 4.69) is 25.6 Å². The van der Waals surface area contributed by atoms with E-state index in [9.17, 15) is 4.79 Å². The van der Waals surface area contributed by atoms with Gasteiger partial charge in [-0.25, -0.2) is 15.0 Å².